The molecule has 0 aliphatic carbocycles. The van der Waals surface area contributed by atoms with Crippen molar-refractivity contribution in [3.05, 3.63) is 51.7 Å². The molecule has 1 heterocycles. The van der Waals surface area contributed by atoms with Gasteiger partial charge in [-0.2, -0.15) is 4.98 Å². The van der Waals surface area contributed by atoms with Crippen LogP contribution in [0.25, 0.3) is 22.8 Å². The zero-order valence-corrected chi connectivity index (χ0v) is 12.7. The second-order valence-corrected chi connectivity index (χ2v) is 5.48. The van der Waals surface area contributed by atoms with E-state index in [1.807, 2.05) is 0 Å². The molecule has 2 aromatic carbocycles. The number of hydrogen-bond donors (Lipinski definition) is 1. The van der Waals surface area contributed by atoms with E-state index < -0.39 is 5.82 Å². The van der Waals surface area contributed by atoms with Crippen molar-refractivity contribution in [2.45, 2.75) is 0 Å². The molecule has 0 atom stereocenters. The van der Waals surface area contributed by atoms with Crippen LogP contribution in [0, 0.1) is 5.82 Å². The van der Waals surface area contributed by atoms with Crippen molar-refractivity contribution in [2.75, 3.05) is 0 Å². The molecule has 0 fully saturated rings. The number of phenolic OH excluding ortho intramolecular Hbond substituents is 1. The molecule has 0 saturated heterocycles. The van der Waals surface area contributed by atoms with Gasteiger partial charge in [-0.15, -0.1) is 0 Å². The molecule has 0 radical (unpaired) electrons. The second-order valence-electron chi connectivity index (χ2n) is 4.22. The summed E-state index contributed by atoms with van der Waals surface area (Å²) >= 11 is 8.92. The normalized spacial score (nSPS) is 10.8. The Labute approximate surface area is 132 Å². The molecule has 4 nitrogen and oxygen atoms in total. The average molecular weight is 370 g/mol. The summed E-state index contributed by atoms with van der Waals surface area (Å²) in [6, 6.07) is 9.06. The van der Waals surface area contributed by atoms with Gasteiger partial charge in [0.05, 0.1) is 9.50 Å². The fourth-order valence-electron chi connectivity index (χ4n) is 1.74. The highest BCUT2D eigenvalue weighted by molar-refractivity contribution is 9.10. The highest BCUT2D eigenvalue weighted by atomic mass is 79.9. The zero-order chi connectivity index (χ0) is 15.0. The molecule has 1 aromatic heterocycles. The predicted molar refractivity (Wildman–Crippen MR) is 79.5 cm³/mol. The van der Waals surface area contributed by atoms with Crippen LogP contribution >= 0.6 is 27.5 Å². The molecule has 0 unspecified atom stereocenters. The summed E-state index contributed by atoms with van der Waals surface area (Å²) in [7, 11) is 0. The van der Waals surface area contributed by atoms with Gasteiger partial charge in [-0.1, -0.05) is 16.8 Å². The van der Waals surface area contributed by atoms with Gasteiger partial charge >= 0.3 is 0 Å². The van der Waals surface area contributed by atoms with Crippen LogP contribution in [0.15, 0.2) is 45.4 Å². The minimum atomic E-state index is -0.512. The highest BCUT2D eigenvalue weighted by Crippen LogP contribution is 2.30. The van der Waals surface area contributed by atoms with Crippen LogP contribution in [0.2, 0.25) is 5.02 Å². The minimum absolute atomic E-state index is 0.0138. The Balaban J connectivity index is 1.99. The maximum Gasteiger partial charge on any atom is 0.258 e. The fraction of sp³-hybridized carbons (Fsp3) is 0. The summed E-state index contributed by atoms with van der Waals surface area (Å²) in [5, 5.41) is 13.5. The lowest BCUT2D eigenvalue weighted by molar-refractivity contribution is 0.431. The van der Waals surface area contributed by atoms with Gasteiger partial charge in [0.15, 0.2) is 0 Å². The van der Waals surface area contributed by atoms with Gasteiger partial charge in [-0.25, -0.2) is 4.39 Å². The Bertz CT molecular complexity index is 756. The first-order valence-electron chi connectivity index (χ1n) is 5.82. The Kier molecular flexibility index (Phi) is 3.65. The molecule has 0 spiro atoms. The van der Waals surface area contributed by atoms with E-state index in [1.165, 1.54) is 24.3 Å². The van der Waals surface area contributed by atoms with E-state index in [1.54, 1.807) is 12.1 Å². The van der Waals surface area contributed by atoms with Crippen molar-refractivity contribution in [1.29, 1.82) is 0 Å². The Hall–Kier alpha value is -1.92. The van der Waals surface area contributed by atoms with Crippen molar-refractivity contribution in [3.63, 3.8) is 0 Å². The van der Waals surface area contributed by atoms with Crippen LogP contribution in [0.1, 0.15) is 0 Å². The number of phenols is 1. The third kappa shape index (κ3) is 2.77. The van der Waals surface area contributed by atoms with Gasteiger partial charge in [0, 0.05) is 11.1 Å². The maximum atomic E-state index is 13.1. The first-order chi connectivity index (χ1) is 10.0. The molecule has 1 N–H and O–H groups in total. The first kappa shape index (κ1) is 14.0. The van der Waals surface area contributed by atoms with Crippen LogP contribution < -0.4 is 0 Å². The highest BCUT2D eigenvalue weighted by Gasteiger charge is 2.13. The maximum absolute atomic E-state index is 13.1. The Morgan fingerprint density at radius 3 is 2.62 bits per heavy atom. The predicted octanol–water partition coefficient (Wildman–Crippen LogP) is 4.66. The van der Waals surface area contributed by atoms with Gasteiger partial charge in [-0.05, 0) is 52.3 Å². The summed E-state index contributed by atoms with van der Waals surface area (Å²) < 4.78 is 18.9. The lowest BCUT2D eigenvalue weighted by Crippen LogP contribution is -1.84. The number of rotatable bonds is 2. The largest absolute Gasteiger partial charge is 0.507 e. The van der Waals surface area contributed by atoms with Gasteiger partial charge in [0.1, 0.15) is 11.6 Å². The van der Waals surface area contributed by atoms with Crippen molar-refractivity contribution in [2.24, 2.45) is 0 Å². The third-order valence-corrected chi connectivity index (χ3v) is 3.76. The molecular formula is C14H7BrClFN2O2. The molecule has 7 heteroatoms. The van der Waals surface area contributed by atoms with E-state index in [0.717, 1.165) is 0 Å². The monoisotopic (exact) mass is 368 g/mol. The first-order valence-corrected chi connectivity index (χ1v) is 7.00. The van der Waals surface area contributed by atoms with Crippen molar-refractivity contribution < 1.29 is 14.0 Å². The number of halogens is 3. The van der Waals surface area contributed by atoms with Crippen molar-refractivity contribution in [3.8, 4) is 28.6 Å². The molecular weight excluding hydrogens is 363 g/mol. The van der Waals surface area contributed by atoms with E-state index in [9.17, 15) is 9.50 Å². The van der Waals surface area contributed by atoms with Gasteiger partial charge in [0.25, 0.3) is 5.89 Å². The van der Waals surface area contributed by atoms with E-state index in [4.69, 9.17) is 16.1 Å². The van der Waals surface area contributed by atoms with Crippen molar-refractivity contribution >= 4 is 27.5 Å². The lowest BCUT2D eigenvalue weighted by Gasteiger charge is -1.98. The van der Waals surface area contributed by atoms with Crippen LogP contribution in [0.3, 0.4) is 0 Å². The standard InChI is InChI=1S/C14H7BrClFN2O2/c15-9-3-1-8(6-12(9)20)14-18-13(19-21-14)7-2-4-11(17)10(16)5-7/h1-6,20H. The number of aromatic nitrogens is 2. The summed E-state index contributed by atoms with van der Waals surface area (Å²) in [5.74, 6) is 0.0848. The second kappa shape index (κ2) is 5.46. The Morgan fingerprint density at radius 1 is 1.14 bits per heavy atom. The Morgan fingerprint density at radius 2 is 1.90 bits per heavy atom. The van der Waals surface area contributed by atoms with Gasteiger partial charge < -0.3 is 9.63 Å². The quantitative estimate of drug-likeness (QED) is 0.713. The summed E-state index contributed by atoms with van der Waals surface area (Å²) in [5.41, 5.74) is 1.11. The van der Waals surface area contributed by atoms with Crippen LogP contribution in [0.4, 0.5) is 4.39 Å². The van der Waals surface area contributed by atoms with E-state index in [-0.39, 0.29) is 22.5 Å². The number of nitrogens with zero attached hydrogens (tertiary/aromatic N) is 2. The number of aromatic hydroxyl groups is 1. The molecule has 3 aromatic rings. The van der Waals surface area contributed by atoms with Gasteiger partial charge in [0.2, 0.25) is 5.82 Å². The molecule has 0 bridgehead atoms. The van der Waals surface area contributed by atoms with Crippen LogP contribution in [-0.2, 0) is 0 Å². The molecule has 0 aliphatic rings. The minimum Gasteiger partial charge on any atom is -0.507 e. The van der Waals surface area contributed by atoms with Gasteiger partial charge in [-0.3, -0.25) is 0 Å². The van der Waals surface area contributed by atoms with Crippen LogP contribution in [0.5, 0.6) is 5.75 Å². The smallest absolute Gasteiger partial charge is 0.258 e. The molecule has 0 aliphatic heterocycles. The van der Waals surface area contributed by atoms with E-state index >= 15 is 0 Å². The number of benzene rings is 2. The zero-order valence-electron chi connectivity index (χ0n) is 10.3. The summed E-state index contributed by atoms with van der Waals surface area (Å²) in [6.45, 7) is 0. The summed E-state index contributed by atoms with van der Waals surface area (Å²) in [6.07, 6.45) is 0. The molecule has 0 amide bonds. The molecule has 21 heavy (non-hydrogen) atoms. The van der Waals surface area contributed by atoms with Crippen molar-refractivity contribution in [1.82, 2.24) is 10.1 Å². The number of hydrogen-bond acceptors (Lipinski definition) is 4. The fourth-order valence-corrected chi connectivity index (χ4v) is 2.17. The topological polar surface area (TPSA) is 59.2 Å². The molecule has 0 saturated carbocycles. The summed E-state index contributed by atoms with van der Waals surface area (Å²) in [4.78, 5) is 4.21. The van der Waals surface area contributed by atoms with E-state index in [2.05, 4.69) is 26.1 Å². The SMILES string of the molecule is Oc1cc(-c2nc(-c3ccc(F)c(Cl)c3)no2)ccc1Br. The molecule has 3 rings (SSSR count). The average Bonchev–Trinajstić information content (AvgIpc) is 2.94. The van der Waals surface area contributed by atoms with Crippen LogP contribution in [-0.4, -0.2) is 15.2 Å². The van der Waals surface area contributed by atoms with E-state index in [0.29, 0.717) is 15.6 Å². The third-order valence-electron chi connectivity index (χ3n) is 2.80. The molecule has 106 valence electrons. The lowest BCUT2D eigenvalue weighted by atomic mass is 10.2.